The van der Waals surface area contributed by atoms with Gasteiger partial charge in [-0.2, -0.15) is 13.2 Å². The predicted molar refractivity (Wildman–Crippen MR) is 114 cm³/mol. The van der Waals surface area contributed by atoms with Gasteiger partial charge in [-0.05, 0) is 43.8 Å². The zero-order chi connectivity index (χ0) is 24.6. The van der Waals surface area contributed by atoms with Crippen molar-refractivity contribution in [2.45, 2.75) is 18.0 Å². The molecule has 0 aliphatic carbocycles. The standard InChI is InChI=1S/C20H21F3N4O5S/c1-13-3-5-15(33(31,32)24-2)12-16(13)19(28)26-9-7-25(8-10-26)17-6-4-14(20(21,22)23)11-18(17)27(29)30/h3-6,11-12,24H,7-10H2,1-2H3. The molecule has 1 fully saturated rings. The first-order chi connectivity index (χ1) is 15.3. The van der Waals surface area contributed by atoms with Gasteiger partial charge in [0.15, 0.2) is 0 Å². The van der Waals surface area contributed by atoms with Crippen molar-refractivity contribution in [1.82, 2.24) is 9.62 Å². The second kappa shape index (κ2) is 8.98. The van der Waals surface area contributed by atoms with Gasteiger partial charge in [-0.1, -0.05) is 6.07 Å². The van der Waals surface area contributed by atoms with Gasteiger partial charge in [0.2, 0.25) is 10.0 Å². The summed E-state index contributed by atoms with van der Waals surface area (Å²) in [6, 6.07) is 6.56. The highest BCUT2D eigenvalue weighted by Gasteiger charge is 2.34. The van der Waals surface area contributed by atoms with Gasteiger partial charge < -0.3 is 9.80 Å². The van der Waals surface area contributed by atoms with Crippen LogP contribution in [0.5, 0.6) is 0 Å². The first kappa shape index (κ1) is 24.5. The van der Waals surface area contributed by atoms with Gasteiger partial charge in [-0.3, -0.25) is 14.9 Å². The van der Waals surface area contributed by atoms with Gasteiger partial charge in [-0.15, -0.1) is 0 Å². The van der Waals surface area contributed by atoms with Gasteiger partial charge in [0.25, 0.3) is 11.6 Å². The number of carbonyl (C=O) groups excluding carboxylic acids is 1. The summed E-state index contributed by atoms with van der Waals surface area (Å²) in [5.41, 5.74) is -0.946. The van der Waals surface area contributed by atoms with Crippen molar-refractivity contribution in [2.24, 2.45) is 0 Å². The van der Waals surface area contributed by atoms with E-state index in [1.165, 1.54) is 30.1 Å². The summed E-state index contributed by atoms with van der Waals surface area (Å²) in [5.74, 6) is -0.401. The Kier molecular flexibility index (Phi) is 6.65. The Hall–Kier alpha value is -3.19. The Bertz CT molecular complexity index is 1190. The molecular formula is C20H21F3N4O5S. The molecule has 13 heteroatoms. The molecule has 0 atom stereocenters. The second-order valence-electron chi connectivity index (χ2n) is 7.42. The molecule has 2 aromatic carbocycles. The minimum atomic E-state index is -4.71. The van der Waals surface area contributed by atoms with Gasteiger partial charge in [0, 0.05) is 37.8 Å². The number of nitro benzene ring substituents is 1. The van der Waals surface area contributed by atoms with E-state index in [1.54, 1.807) is 11.8 Å². The van der Waals surface area contributed by atoms with Crippen molar-refractivity contribution >= 4 is 27.3 Å². The zero-order valence-electron chi connectivity index (χ0n) is 17.7. The number of benzene rings is 2. The Morgan fingerprint density at radius 1 is 1.09 bits per heavy atom. The number of halogens is 3. The molecule has 3 rings (SSSR count). The maximum atomic E-state index is 13.0. The van der Waals surface area contributed by atoms with Crippen LogP contribution in [-0.4, -0.2) is 57.4 Å². The smallest absolute Gasteiger partial charge is 0.362 e. The fourth-order valence-electron chi connectivity index (χ4n) is 3.55. The lowest BCUT2D eigenvalue weighted by molar-refractivity contribution is -0.384. The molecular weight excluding hydrogens is 465 g/mol. The molecule has 2 aromatic rings. The van der Waals surface area contributed by atoms with Crippen molar-refractivity contribution in [3.8, 4) is 0 Å². The number of hydrogen-bond donors (Lipinski definition) is 1. The van der Waals surface area contributed by atoms with Crippen LogP contribution in [0.15, 0.2) is 41.3 Å². The number of rotatable bonds is 5. The van der Waals surface area contributed by atoms with Crippen molar-refractivity contribution in [2.75, 3.05) is 38.1 Å². The fraction of sp³-hybridized carbons (Fsp3) is 0.350. The van der Waals surface area contributed by atoms with Gasteiger partial charge >= 0.3 is 6.18 Å². The lowest BCUT2D eigenvalue weighted by atomic mass is 10.1. The highest BCUT2D eigenvalue weighted by atomic mass is 32.2. The minimum Gasteiger partial charge on any atom is -0.362 e. The van der Waals surface area contributed by atoms with Gasteiger partial charge in [0.05, 0.1) is 15.4 Å². The van der Waals surface area contributed by atoms with Crippen molar-refractivity contribution < 1.29 is 31.3 Å². The molecule has 1 N–H and O–H groups in total. The highest BCUT2D eigenvalue weighted by molar-refractivity contribution is 7.89. The molecule has 1 aliphatic heterocycles. The van der Waals surface area contributed by atoms with Gasteiger partial charge in [-0.25, -0.2) is 13.1 Å². The van der Waals surface area contributed by atoms with E-state index in [2.05, 4.69) is 4.72 Å². The third-order valence-corrected chi connectivity index (χ3v) is 6.84. The third-order valence-electron chi connectivity index (χ3n) is 5.43. The Morgan fingerprint density at radius 3 is 2.27 bits per heavy atom. The quantitative estimate of drug-likeness (QED) is 0.514. The van der Waals surface area contributed by atoms with E-state index in [0.29, 0.717) is 11.6 Å². The van der Waals surface area contributed by atoms with E-state index in [0.717, 1.165) is 12.1 Å². The molecule has 1 heterocycles. The number of alkyl halides is 3. The number of nitro groups is 1. The second-order valence-corrected chi connectivity index (χ2v) is 9.31. The molecule has 1 aliphatic rings. The molecule has 0 unspecified atom stereocenters. The number of aryl methyl sites for hydroxylation is 1. The van der Waals surface area contributed by atoms with Crippen molar-refractivity contribution in [3.05, 3.63) is 63.2 Å². The lowest BCUT2D eigenvalue weighted by Gasteiger charge is -2.36. The molecule has 1 saturated heterocycles. The topological polar surface area (TPSA) is 113 Å². The molecule has 0 radical (unpaired) electrons. The summed E-state index contributed by atoms with van der Waals surface area (Å²) in [7, 11) is -2.49. The number of hydrogen-bond acceptors (Lipinski definition) is 6. The summed E-state index contributed by atoms with van der Waals surface area (Å²) in [4.78, 5) is 26.5. The number of sulfonamides is 1. The summed E-state index contributed by atoms with van der Waals surface area (Å²) in [5, 5.41) is 11.4. The molecule has 9 nitrogen and oxygen atoms in total. The first-order valence-electron chi connectivity index (χ1n) is 9.79. The number of carbonyl (C=O) groups is 1. The molecule has 1 amide bonds. The summed E-state index contributed by atoms with van der Waals surface area (Å²) in [6.07, 6.45) is -4.71. The molecule has 0 saturated carbocycles. The largest absolute Gasteiger partial charge is 0.416 e. The normalized spacial score (nSPS) is 14.9. The fourth-order valence-corrected chi connectivity index (χ4v) is 4.31. The van der Waals surface area contributed by atoms with E-state index in [-0.39, 0.29) is 42.3 Å². The number of amides is 1. The summed E-state index contributed by atoms with van der Waals surface area (Å²) >= 11 is 0. The van der Waals surface area contributed by atoms with E-state index in [9.17, 15) is 36.5 Å². The number of piperazine rings is 1. The van der Waals surface area contributed by atoms with Gasteiger partial charge in [0.1, 0.15) is 5.69 Å². The van der Waals surface area contributed by atoms with Crippen LogP contribution >= 0.6 is 0 Å². The lowest BCUT2D eigenvalue weighted by Crippen LogP contribution is -2.49. The average Bonchev–Trinajstić information content (AvgIpc) is 2.78. The van der Waals surface area contributed by atoms with E-state index in [4.69, 9.17) is 0 Å². The van der Waals surface area contributed by atoms with Crippen LogP contribution in [0.4, 0.5) is 24.5 Å². The minimum absolute atomic E-state index is 0.0402. The van der Waals surface area contributed by atoms with E-state index in [1.807, 2.05) is 0 Å². The van der Waals surface area contributed by atoms with Crippen LogP contribution in [0.1, 0.15) is 21.5 Å². The van der Waals surface area contributed by atoms with E-state index < -0.39 is 38.3 Å². The molecule has 33 heavy (non-hydrogen) atoms. The Balaban J connectivity index is 1.80. The number of nitrogens with zero attached hydrogens (tertiary/aromatic N) is 3. The SMILES string of the molecule is CNS(=O)(=O)c1ccc(C)c(C(=O)N2CCN(c3ccc(C(F)(F)F)cc3[N+](=O)[O-])CC2)c1. The maximum absolute atomic E-state index is 13.0. The van der Waals surface area contributed by atoms with Crippen LogP contribution in [0.3, 0.4) is 0 Å². The van der Waals surface area contributed by atoms with Crippen LogP contribution in [0.25, 0.3) is 0 Å². The molecule has 178 valence electrons. The first-order valence-corrected chi connectivity index (χ1v) is 11.3. The molecule has 0 bridgehead atoms. The number of nitrogens with one attached hydrogen (secondary N) is 1. The van der Waals surface area contributed by atoms with Crippen LogP contribution in [-0.2, 0) is 16.2 Å². The predicted octanol–water partition coefficient (Wildman–Crippen LogP) is 2.79. The van der Waals surface area contributed by atoms with Crippen LogP contribution in [0, 0.1) is 17.0 Å². The van der Waals surface area contributed by atoms with Crippen LogP contribution < -0.4 is 9.62 Å². The Morgan fingerprint density at radius 2 is 1.73 bits per heavy atom. The van der Waals surface area contributed by atoms with Crippen molar-refractivity contribution in [3.63, 3.8) is 0 Å². The maximum Gasteiger partial charge on any atom is 0.416 e. The average molecular weight is 486 g/mol. The van der Waals surface area contributed by atoms with Crippen molar-refractivity contribution in [1.29, 1.82) is 0 Å². The summed E-state index contributed by atoms with van der Waals surface area (Å²) < 4.78 is 65.2. The summed E-state index contributed by atoms with van der Waals surface area (Å²) in [6.45, 7) is 2.29. The monoisotopic (exact) mass is 486 g/mol. The molecule has 0 spiro atoms. The van der Waals surface area contributed by atoms with Crippen LogP contribution in [0.2, 0.25) is 0 Å². The number of anilines is 1. The Labute approximate surface area is 188 Å². The highest BCUT2D eigenvalue weighted by Crippen LogP contribution is 2.36. The zero-order valence-corrected chi connectivity index (χ0v) is 18.5. The van der Waals surface area contributed by atoms with E-state index >= 15 is 0 Å². The molecule has 0 aromatic heterocycles. The third kappa shape index (κ3) is 5.09.